The molecule has 178 valence electrons. The fourth-order valence-electron chi connectivity index (χ4n) is 3.57. The zero-order valence-electron chi connectivity index (χ0n) is 20.1. The van der Waals surface area contributed by atoms with Gasteiger partial charge in [-0.1, -0.05) is 54.1 Å². The Balaban J connectivity index is 1.39. The lowest BCUT2D eigenvalue weighted by Crippen LogP contribution is -2.22. The van der Waals surface area contributed by atoms with E-state index in [0.29, 0.717) is 16.4 Å². The monoisotopic (exact) mass is 501 g/mol. The van der Waals surface area contributed by atoms with Crippen LogP contribution in [0, 0.1) is 20.8 Å². The molecule has 2 N–H and O–H groups in total. The fourth-order valence-corrected chi connectivity index (χ4v) is 5.33. The van der Waals surface area contributed by atoms with Gasteiger partial charge in [0.25, 0.3) is 5.91 Å². The Morgan fingerprint density at radius 1 is 0.914 bits per heavy atom. The summed E-state index contributed by atoms with van der Waals surface area (Å²) in [7, 11) is 0. The summed E-state index contributed by atoms with van der Waals surface area (Å²) < 4.78 is 0. The van der Waals surface area contributed by atoms with Crippen LogP contribution < -0.4 is 10.6 Å². The molecule has 0 radical (unpaired) electrons. The van der Waals surface area contributed by atoms with Gasteiger partial charge in [-0.05, 0) is 57.5 Å². The molecule has 2 amide bonds. The van der Waals surface area contributed by atoms with Gasteiger partial charge in [0.15, 0.2) is 5.13 Å². The van der Waals surface area contributed by atoms with E-state index in [9.17, 15) is 9.59 Å². The van der Waals surface area contributed by atoms with Crippen molar-refractivity contribution in [1.29, 1.82) is 0 Å². The molecule has 4 aromatic rings. The molecule has 3 aromatic carbocycles. The molecule has 4 rings (SSSR count). The largest absolute Gasteiger partial charge is 0.322 e. The standard InChI is InChI=1S/C28H27N3O2S2/c1-17-12-14-21(15-13-17)25-19(3)35-28(30-25)31-26(32)20(4)34-23-10-7-9-22(16-23)29-27(33)24-11-6-5-8-18(24)2/h5-16,20H,1-4H3,(H,29,33)(H,30,31,32). The van der Waals surface area contributed by atoms with Crippen LogP contribution >= 0.6 is 23.1 Å². The number of benzene rings is 3. The molecule has 1 heterocycles. The van der Waals surface area contributed by atoms with E-state index < -0.39 is 0 Å². The number of amides is 2. The molecule has 0 bridgehead atoms. The molecule has 1 aromatic heterocycles. The van der Waals surface area contributed by atoms with Crippen LogP contribution in [-0.4, -0.2) is 22.0 Å². The summed E-state index contributed by atoms with van der Waals surface area (Å²) in [5, 5.41) is 6.15. The van der Waals surface area contributed by atoms with Crippen LogP contribution in [0.5, 0.6) is 0 Å². The Bertz CT molecular complexity index is 1360. The van der Waals surface area contributed by atoms with Crippen LogP contribution in [-0.2, 0) is 4.79 Å². The van der Waals surface area contributed by atoms with Gasteiger partial charge < -0.3 is 10.6 Å². The quantitative estimate of drug-likeness (QED) is 0.265. The predicted molar refractivity (Wildman–Crippen MR) is 147 cm³/mol. The van der Waals surface area contributed by atoms with Crippen molar-refractivity contribution in [2.45, 2.75) is 37.8 Å². The number of thiazole rings is 1. The number of aromatic nitrogens is 1. The summed E-state index contributed by atoms with van der Waals surface area (Å²) in [5.74, 6) is -0.270. The van der Waals surface area contributed by atoms with Crippen molar-refractivity contribution in [1.82, 2.24) is 4.98 Å². The van der Waals surface area contributed by atoms with E-state index in [2.05, 4.69) is 34.7 Å². The number of hydrogen-bond donors (Lipinski definition) is 2. The van der Waals surface area contributed by atoms with Crippen LogP contribution in [0.15, 0.2) is 77.7 Å². The van der Waals surface area contributed by atoms with Crippen LogP contribution in [0.25, 0.3) is 11.3 Å². The van der Waals surface area contributed by atoms with E-state index in [0.717, 1.165) is 26.6 Å². The van der Waals surface area contributed by atoms with E-state index >= 15 is 0 Å². The molecule has 7 heteroatoms. The average molecular weight is 502 g/mol. The zero-order chi connectivity index (χ0) is 24.9. The summed E-state index contributed by atoms with van der Waals surface area (Å²) in [6.07, 6.45) is 0. The molecule has 1 atom stereocenters. The summed E-state index contributed by atoms with van der Waals surface area (Å²) in [5.41, 5.74) is 5.37. The minimum absolute atomic E-state index is 0.117. The topological polar surface area (TPSA) is 71.1 Å². The van der Waals surface area contributed by atoms with Crippen molar-refractivity contribution in [3.8, 4) is 11.3 Å². The van der Waals surface area contributed by atoms with Crippen molar-refractivity contribution < 1.29 is 9.59 Å². The Kier molecular flexibility index (Phi) is 7.68. The minimum Gasteiger partial charge on any atom is -0.322 e. The van der Waals surface area contributed by atoms with Gasteiger partial charge in [-0.2, -0.15) is 0 Å². The minimum atomic E-state index is -0.343. The second kappa shape index (κ2) is 10.9. The number of hydrogen-bond acceptors (Lipinski definition) is 5. The van der Waals surface area contributed by atoms with Crippen molar-refractivity contribution in [2.24, 2.45) is 0 Å². The Labute approximate surface area is 214 Å². The lowest BCUT2D eigenvalue weighted by Gasteiger charge is -2.12. The van der Waals surface area contributed by atoms with Crippen LogP contribution in [0.4, 0.5) is 10.8 Å². The number of nitrogens with one attached hydrogen (secondary N) is 2. The second-order valence-corrected chi connectivity index (χ2v) is 11.0. The SMILES string of the molecule is Cc1ccc(-c2nc(NC(=O)C(C)Sc3cccc(NC(=O)c4ccccc4C)c3)sc2C)cc1. The Morgan fingerprint density at radius 3 is 2.40 bits per heavy atom. The highest BCUT2D eigenvalue weighted by Gasteiger charge is 2.18. The molecule has 0 spiro atoms. The van der Waals surface area contributed by atoms with E-state index in [4.69, 9.17) is 0 Å². The predicted octanol–water partition coefficient (Wildman–Crippen LogP) is 7.11. The first-order chi connectivity index (χ1) is 16.8. The van der Waals surface area contributed by atoms with Gasteiger partial charge >= 0.3 is 0 Å². The number of aryl methyl sites for hydroxylation is 3. The van der Waals surface area contributed by atoms with Gasteiger partial charge in [-0.3, -0.25) is 9.59 Å². The third-order valence-corrected chi connectivity index (χ3v) is 7.50. The Hall–Kier alpha value is -3.42. The van der Waals surface area contributed by atoms with Gasteiger partial charge in [0, 0.05) is 26.6 Å². The van der Waals surface area contributed by atoms with E-state index in [1.54, 1.807) is 6.07 Å². The zero-order valence-corrected chi connectivity index (χ0v) is 21.7. The number of carbonyl (C=O) groups is 2. The molecule has 1 unspecified atom stereocenters. The maximum absolute atomic E-state index is 12.9. The van der Waals surface area contributed by atoms with Gasteiger partial charge in [-0.25, -0.2) is 4.98 Å². The molecule has 0 saturated carbocycles. The highest BCUT2D eigenvalue weighted by molar-refractivity contribution is 8.00. The summed E-state index contributed by atoms with van der Waals surface area (Å²) in [6, 6.07) is 23.2. The van der Waals surface area contributed by atoms with E-state index in [-0.39, 0.29) is 17.1 Å². The number of thioether (sulfide) groups is 1. The first-order valence-electron chi connectivity index (χ1n) is 11.3. The summed E-state index contributed by atoms with van der Waals surface area (Å²) in [4.78, 5) is 32.1. The van der Waals surface area contributed by atoms with Gasteiger partial charge in [0.2, 0.25) is 5.91 Å². The lowest BCUT2D eigenvalue weighted by molar-refractivity contribution is -0.115. The lowest BCUT2D eigenvalue weighted by atomic mass is 10.1. The van der Waals surface area contributed by atoms with Crippen LogP contribution in [0.1, 0.15) is 33.3 Å². The van der Waals surface area contributed by atoms with Crippen molar-refractivity contribution in [3.05, 3.63) is 94.4 Å². The first kappa shape index (κ1) is 24.7. The molecule has 0 fully saturated rings. The first-order valence-corrected chi connectivity index (χ1v) is 13.0. The molecule has 0 aliphatic heterocycles. The van der Waals surface area contributed by atoms with Crippen molar-refractivity contribution in [3.63, 3.8) is 0 Å². The highest BCUT2D eigenvalue weighted by Crippen LogP contribution is 2.32. The normalized spacial score (nSPS) is 11.7. The fraction of sp³-hybridized carbons (Fsp3) is 0.179. The van der Waals surface area contributed by atoms with Crippen molar-refractivity contribution >= 4 is 45.7 Å². The molecule has 0 saturated heterocycles. The number of carbonyl (C=O) groups excluding carboxylic acids is 2. The summed E-state index contributed by atoms with van der Waals surface area (Å²) >= 11 is 2.91. The maximum Gasteiger partial charge on any atom is 0.255 e. The average Bonchev–Trinajstić information content (AvgIpc) is 3.19. The second-order valence-electron chi connectivity index (χ2n) is 8.34. The molecule has 0 aliphatic rings. The van der Waals surface area contributed by atoms with Crippen LogP contribution in [0.3, 0.4) is 0 Å². The van der Waals surface area contributed by atoms with Gasteiger partial charge in [0.1, 0.15) is 0 Å². The molecule has 0 aliphatic carbocycles. The van der Waals surface area contributed by atoms with Gasteiger partial charge in [0.05, 0.1) is 10.9 Å². The molecule has 5 nitrogen and oxygen atoms in total. The third-order valence-electron chi connectivity index (χ3n) is 5.52. The Morgan fingerprint density at radius 2 is 1.66 bits per heavy atom. The number of anilines is 2. The molecular weight excluding hydrogens is 474 g/mol. The third kappa shape index (κ3) is 6.18. The summed E-state index contributed by atoms with van der Waals surface area (Å²) in [6.45, 7) is 7.84. The van der Waals surface area contributed by atoms with E-state index in [1.165, 1.54) is 28.7 Å². The number of rotatable bonds is 7. The smallest absolute Gasteiger partial charge is 0.255 e. The molecule has 35 heavy (non-hydrogen) atoms. The number of nitrogens with zero attached hydrogens (tertiary/aromatic N) is 1. The van der Waals surface area contributed by atoms with E-state index in [1.807, 2.05) is 75.4 Å². The maximum atomic E-state index is 12.9. The molecular formula is C28H27N3O2S2. The van der Waals surface area contributed by atoms with Gasteiger partial charge in [-0.15, -0.1) is 23.1 Å². The van der Waals surface area contributed by atoms with Crippen molar-refractivity contribution in [2.75, 3.05) is 10.6 Å². The van der Waals surface area contributed by atoms with Crippen LogP contribution in [0.2, 0.25) is 0 Å². The highest BCUT2D eigenvalue weighted by atomic mass is 32.2.